The number of carbonyl (C=O) groups is 1. The lowest BCUT2D eigenvalue weighted by molar-refractivity contribution is 0.100. The molecule has 2 rings (SSSR count). The van der Waals surface area contributed by atoms with Crippen LogP contribution in [0.2, 0.25) is 0 Å². The predicted molar refractivity (Wildman–Crippen MR) is 98.2 cm³/mol. The Labute approximate surface area is 149 Å². The van der Waals surface area contributed by atoms with E-state index in [0.717, 1.165) is 23.1 Å². The smallest absolute Gasteiger partial charge is 0.408 e. The van der Waals surface area contributed by atoms with Crippen LogP contribution in [-0.4, -0.2) is 11.6 Å². The lowest BCUT2D eigenvalue weighted by Gasteiger charge is -2.22. The van der Waals surface area contributed by atoms with Gasteiger partial charge in [-0.25, -0.2) is 9.18 Å². The van der Waals surface area contributed by atoms with Gasteiger partial charge in [-0.1, -0.05) is 36.4 Å². The molecule has 1 atom stereocenters. The van der Waals surface area contributed by atoms with Crippen LogP contribution in [0.15, 0.2) is 42.5 Å². The van der Waals surface area contributed by atoms with Crippen LogP contribution in [-0.2, 0) is 11.2 Å². The van der Waals surface area contributed by atoms with Crippen LogP contribution >= 0.6 is 0 Å². The highest BCUT2D eigenvalue weighted by molar-refractivity contribution is 5.68. The number of hydrogen-bond donors (Lipinski definition) is 1. The van der Waals surface area contributed by atoms with Crippen molar-refractivity contribution < 1.29 is 13.9 Å². The van der Waals surface area contributed by atoms with Crippen LogP contribution in [0.4, 0.5) is 9.18 Å². The molecule has 0 unspecified atom stereocenters. The molecule has 0 saturated heterocycles. The van der Waals surface area contributed by atoms with Gasteiger partial charge in [0.2, 0.25) is 0 Å². The number of amides is 1. The lowest BCUT2D eigenvalue weighted by Crippen LogP contribution is -2.41. The second-order valence-corrected chi connectivity index (χ2v) is 7.42. The summed E-state index contributed by atoms with van der Waals surface area (Å²) in [6.45, 7) is 9.34. The summed E-state index contributed by atoms with van der Waals surface area (Å²) in [5, 5.41) is 2.78. The minimum atomic E-state index is -0.425. The number of nitrogens with one attached hydrogen (secondary N) is 1. The maximum Gasteiger partial charge on any atom is 0.408 e. The Balaban J connectivity index is 1.99. The second-order valence-electron chi connectivity index (χ2n) is 7.42. The number of aryl methyl sites for hydroxylation is 1. The molecule has 0 aliphatic heterocycles. The molecule has 2 aromatic rings. The van der Waals surface area contributed by atoms with Gasteiger partial charge < -0.3 is 10.1 Å². The maximum atomic E-state index is 13.3. The summed E-state index contributed by atoms with van der Waals surface area (Å²) in [5.41, 5.74) is 3.46. The third kappa shape index (κ3) is 5.89. The van der Waals surface area contributed by atoms with Crippen molar-refractivity contribution >= 4 is 6.09 Å². The standard InChI is InChI=1S/C21H26FNO2/c1-14-12-17(8-11-19(14)22)13-16-6-9-18(10-7-16)15(2)25-20(24)23-21(3,4)5/h6-12,15H,13H2,1-5H3,(H,23,24)/t15-/m0/s1. The van der Waals surface area contributed by atoms with Crippen LogP contribution in [0, 0.1) is 12.7 Å². The van der Waals surface area contributed by atoms with E-state index in [2.05, 4.69) is 5.32 Å². The zero-order chi connectivity index (χ0) is 18.6. The zero-order valence-electron chi connectivity index (χ0n) is 15.5. The van der Waals surface area contributed by atoms with Crippen LogP contribution in [0.25, 0.3) is 0 Å². The van der Waals surface area contributed by atoms with Gasteiger partial charge in [0, 0.05) is 5.54 Å². The van der Waals surface area contributed by atoms with Crippen LogP contribution in [0.3, 0.4) is 0 Å². The molecule has 134 valence electrons. The maximum absolute atomic E-state index is 13.3. The van der Waals surface area contributed by atoms with Crippen molar-refractivity contribution in [3.8, 4) is 0 Å². The van der Waals surface area contributed by atoms with Crippen LogP contribution < -0.4 is 5.32 Å². The van der Waals surface area contributed by atoms with Gasteiger partial charge in [0.25, 0.3) is 0 Å². The van der Waals surface area contributed by atoms with E-state index in [1.54, 1.807) is 13.0 Å². The number of halogens is 1. The normalized spacial score (nSPS) is 12.6. The van der Waals surface area contributed by atoms with Gasteiger partial charge in [0.15, 0.2) is 0 Å². The molecule has 0 spiro atoms. The number of rotatable bonds is 4. The van der Waals surface area contributed by atoms with E-state index in [-0.39, 0.29) is 17.5 Å². The summed E-state index contributed by atoms with van der Waals surface area (Å²) in [5.74, 6) is -0.182. The SMILES string of the molecule is Cc1cc(Cc2ccc([C@H](C)OC(=O)NC(C)(C)C)cc2)ccc1F. The number of alkyl carbamates (subject to hydrolysis) is 1. The largest absolute Gasteiger partial charge is 0.442 e. The fraction of sp³-hybridized carbons (Fsp3) is 0.381. The average molecular weight is 343 g/mol. The summed E-state index contributed by atoms with van der Waals surface area (Å²) < 4.78 is 18.7. The Morgan fingerprint density at radius 1 is 1.12 bits per heavy atom. The number of hydrogen-bond acceptors (Lipinski definition) is 2. The number of benzene rings is 2. The second kappa shape index (κ2) is 7.68. The topological polar surface area (TPSA) is 38.3 Å². The molecule has 0 heterocycles. The molecule has 0 saturated carbocycles. The summed E-state index contributed by atoms with van der Waals surface area (Å²) in [6, 6.07) is 13.1. The van der Waals surface area contributed by atoms with Crippen molar-refractivity contribution in [3.63, 3.8) is 0 Å². The van der Waals surface area contributed by atoms with Gasteiger partial charge in [0.05, 0.1) is 0 Å². The third-order valence-electron chi connectivity index (χ3n) is 3.84. The minimum absolute atomic E-state index is 0.182. The van der Waals surface area contributed by atoms with E-state index >= 15 is 0 Å². The molecule has 0 bridgehead atoms. The monoisotopic (exact) mass is 343 g/mol. The summed E-state index contributed by atoms with van der Waals surface area (Å²) >= 11 is 0. The Kier molecular flexibility index (Phi) is 5.83. The van der Waals surface area contributed by atoms with E-state index in [1.165, 1.54) is 6.07 Å². The fourth-order valence-corrected chi connectivity index (χ4v) is 2.52. The minimum Gasteiger partial charge on any atom is -0.442 e. The molecule has 0 aliphatic carbocycles. The first-order chi connectivity index (χ1) is 11.6. The van der Waals surface area contributed by atoms with Crippen LogP contribution in [0.1, 0.15) is 56.1 Å². The van der Waals surface area contributed by atoms with Gasteiger partial charge in [-0.15, -0.1) is 0 Å². The van der Waals surface area contributed by atoms with E-state index in [9.17, 15) is 9.18 Å². The molecule has 0 fully saturated rings. The van der Waals surface area contributed by atoms with E-state index in [4.69, 9.17) is 4.74 Å². The molecule has 1 amide bonds. The van der Waals surface area contributed by atoms with Gasteiger partial charge in [-0.3, -0.25) is 0 Å². The molecule has 3 nitrogen and oxygen atoms in total. The first-order valence-corrected chi connectivity index (χ1v) is 8.47. The highest BCUT2D eigenvalue weighted by atomic mass is 19.1. The summed E-state index contributed by atoms with van der Waals surface area (Å²) in [4.78, 5) is 11.8. The van der Waals surface area contributed by atoms with E-state index in [1.807, 2.05) is 58.0 Å². The van der Waals surface area contributed by atoms with E-state index < -0.39 is 6.09 Å². The van der Waals surface area contributed by atoms with Gasteiger partial charge in [-0.05, 0) is 69.4 Å². The first-order valence-electron chi connectivity index (χ1n) is 8.47. The molecule has 1 N–H and O–H groups in total. The van der Waals surface area contributed by atoms with Crippen LogP contribution in [0.5, 0.6) is 0 Å². The van der Waals surface area contributed by atoms with Gasteiger partial charge >= 0.3 is 6.09 Å². The van der Waals surface area contributed by atoms with Crippen molar-refractivity contribution in [1.29, 1.82) is 0 Å². The summed E-state index contributed by atoms with van der Waals surface area (Å²) in [6.07, 6.45) is -0.0171. The van der Waals surface area contributed by atoms with Crippen molar-refractivity contribution in [2.24, 2.45) is 0 Å². The Hall–Kier alpha value is -2.36. The Morgan fingerprint density at radius 3 is 2.28 bits per heavy atom. The van der Waals surface area contributed by atoms with Crippen molar-refractivity contribution in [2.45, 2.75) is 52.7 Å². The van der Waals surface area contributed by atoms with Gasteiger partial charge in [0.1, 0.15) is 11.9 Å². The number of ether oxygens (including phenoxy) is 1. The molecule has 25 heavy (non-hydrogen) atoms. The molecule has 4 heteroatoms. The van der Waals surface area contributed by atoms with Crippen molar-refractivity contribution in [1.82, 2.24) is 5.32 Å². The molecular formula is C21H26FNO2. The highest BCUT2D eigenvalue weighted by Gasteiger charge is 2.17. The summed E-state index contributed by atoms with van der Waals surface area (Å²) in [7, 11) is 0. The molecule has 0 radical (unpaired) electrons. The first kappa shape index (κ1) is 19.0. The lowest BCUT2D eigenvalue weighted by atomic mass is 10.0. The highest BCUT2D eigenvalue weighted by Crippen LogP contribution is 2.20. The fourth-order valence-electron chi connectivity index (χ4n) is 2.52. The Morgan fingerprint density at radius 2 is 1.72 bits per heavy atom. The molecule has 0 aromatic heterocycles. The van der Waals surface area contributed by atoms with Crippen molar-refractivity contribution in [2.75, 3.05) is 0 Å². The number of carbonyl (C=O) groups excluding carboxylic acids is 1. The average Bonchev–Trinajstić information content (AvgIpc) is 2.49. The van der Waals surface area contributed by atoms with Gasteiger partial charge in [-0.2, -0.15) is 0 Å². The predicted octanol–water partition coefficient (Wildman–Crippen LogP) is 5.31. The zero-order valence-corrected chi connectivity index (χ0v) is 15.5. The quantitative estimate of drug-likeness (QED) is 0.817. The Bertz CT molecular complexity index is 733. The van der Waals surface area contributed by atoms with Crippen molar-refractivity contribution in [3.05, 3.63) is 70.5 Å². The third-order valence-corrected chi connectivity index (χ3v) is 3.84. The molecule has 0 aliphatic rings. The molecule has 2 aromatic carbocycles. The molecular weight excluding hydrogens is 317 g/mol. The van der Waals surface area contributed by atoms with E-state index in [0.29, 0.717) is 5.56 Å².